The third-order valence-corrected chi connectivity index (χ3v) is 15.3. The lowest BCUT2D eigenvalue weighted by Crippen LogP contribution is -2.26. The van der Waals surface area contributed by atoms with E-state index in [-0.39, 0.29) is 0 Å². The zero-order valence-electron chi connectivity index (χ0n) is 40.1. The lowest BCUT2D eigenvalue weighted by Gasteiger charge is -2.31. The van der Waals surface area contributed by atoms with Crippen molar-refractivity contribution in [2.24, 2.45) is 0 Å². The number of hydrogen-bond donors (Lipinski definition) is 0. The van der Waals surface area contributed by atoms with Gasteiger partial charge in [0, 0.05) is 33.9 Å². The molecule has 0 heterocycles. The fraction of sp³-hybridized carbons (Fsp3) is 0.0141. The molecule has 0 radical (unpaired) electrons. The lowest BCUT2D eigenvalue weighted by molar-refractivity contribution is 0.794. The fourth-order valence-electron chi connectivity index (χ4n) is 12.2. The van der Waals surface area contributed by atoms with Crippen LogP contribution in [0.2, 0.25) is 0 Å². The van der Waals surface area contributed by atoms with Gasteiger partial charge < -0.3 is 9.80 Å². The van der Waals surface area contributed by atoms with E-state index in [0.717, 1.165) is 45.3 Å². The van der Waals surface area contributed by atoms with Crippen LogP contribution >= 0.6 is 0 Å². The molecule has 0 atom stereocenters. The normalized spacial score (nSPS) is 12.5. The average molecular weight is 929 g/mol. The average Bonchev–Trinajstić information content (AvgIpc) is 3.95. The van der Waals surface area contributed by atoms with Crippen LogP contribution in [0.1, 0.15) is 22.3 Å². The molecule has 0 fully saturated rings. The monoisotopic (exact) mass is 928 g/mol. The summed E-state index contributed by atoms with van der Waals surface area (Å²) >= 11 is 0. The lowest BCUT2D eigenvalue weighted by atomic mass is 9.70. The Hall–Kier alpha value is -9.50. The van der Waals surface area contributed by atoms with E-state index in [1.807, 2.05) is 0 Å². The van der Waals surface area contributed by atoms with Crippen LogP contribution < -0.4 is 9.80 Å². The van der Waals surface area contributed by atoms with Crippen molar-refractivity contribution in [3.63, 3.8) is 0 Å². The van der Waals surface area contributed by atoms with E-state index in [1.54, 1.807) is 0 Å². The molecule has 2 nitrogen and oxygen atoms in total. The van der Waals surface area contributed by atoms with Crippen LogP contribution in [0.4, 0.5) is 34.1 Å². The molecule has 12 aromatic rings. The molecule has 2 heteroatoms. The quantitative estimate of drug-likeness (QED) is 0.142. The topological polar surface area (TPSA) is 6.48 Å². The van der Waals surface area contributed by atoms with Crippen molar-refractivity contribution in [2.45, 2.75) is 5.41 Å². The van der Waals surface area contributed by atoms with E-state index in [4.69, 9.17) is 0 Å². The van der Waals surface area contributed by atoms with Gasteiger partial charge in [-0.15, -0.1) is 0 Å². The van der Waals surface area contributed by atoms with Gasteiger partial charge in [-0.1, -0.05) is 231 Å². The summed E-state index contributed by atoms with van der Waals surface area (Å²) in [6, 6.07) is 107. The smallest absolute Gasteiger partial charge is 0.0726 e. The summed E-state index contributed by atoms with van der Waals surface area (Å²) in [6.45, 7) is 0. The zero-order valence-corrected chi connectivity index (χ0v) is 40.1. The highest BCUT2D eigenvalue weighted by atomic mass is 15.2. The van der Waals surface area contributed by atoms with Crippen molar-refractivity contribution in [1.82, 2.24) is 0 Å². The molecule has 0 bridgehead atoms. The first kappa shape index (κ1) is 42.4. The minimum atomic E-state index is -0.432. The van der Waals surface area contributed by atoms with Gasteiger partial charge in [-0.3, -0.25) is 0 Å². The standard InChI is InChI=1S/C71H48N2/c1-4-20-49(21-5-1)50-38-43-57(44-39-50)73(68-47-42-52-22-10-11-29-59(52)69(68)53-23-6-2-7-24-53)58-28-18-25-54(48-58)51-40-45-56(46-41-51)72(55-26-8-3-9-27-55)67-37-19-36-66-70(67)62-32-14-17-35-65(62)71(66)63-33-15-12-30-60(63)61-31-13-16-34-64(61)71/h1-48H. The zero-order chi connectivity index (χ0) is 48.3. The molecule has 0 amide bonds. The molecule has 0 saturated carbocycles. The van der Waals surface area contributed by atoms with Crippen LogP contribution in [0.3, 0.4) is 0 Å². The Morgan fingerprint density at radius 2 is 0.658 bits per heavy atom. The maximum atomic E-state index is 2.45. The van der Waals surface area contributed by atoms with E-state index in [0.29, 0.717) is 0 Å². The largest absolute Gasteiger partial charge is 0.310 e. The van der Waals surface area contributed by atoms with Crippen LogP contribution in [0, 0.1) is 0 Å². The summed E-state index contributed by atoms with van der Waals surface area (Å²) in [7, 11) is 0. The van der Waals surface area contributed by atoms with Gasteiger partial charge in [-0.25, -0.2) is 0 Å². The second kappa shape index (κ2) is 17.4. The molecule has 0 unspecified atom stereocenters. The van der Waals surface area contributed by atoms with Gasteiger partial charge >= 0.3 is 0 Å². The van der Waals surface area contributed by atoms with Crippen molar-refractivity contribution < 1.29 is 0 Å². The van der Waals surface area contributed by atoms with Crippen LogP contribution in [-0.4, -0.2) is 0 Å². The molecule has 14 rings (SSSR count). The van der Waals surface area contributed by atoms with Crippen molar-refractivity contribution in [3.05, 3.63) is 313 Å². The highest BCUT2D eigenvalue weighted by molar-refractivity contribution is 6.06. The number of para-hydroxylation sites is 1. The summed E-state index contributed by atoms with van der Waals surface area (Å²) in [5.41, 5.74) is 23.7. The van der Waals surface area contributed by atoms with Gasteiger partial charge in [0.2, 0.25) is 0 Å². The SMILES string of the molecule is c1ccc(-c2ccc(N(c3cccc(-c4ccc(N(c5ccccc5)c5cccc6c5-c5ccccc5C65c6ccccc6-c6ccccc65)cc4)c3)c3ccc4ccccc4c3-c3ccccc3)cc2)cc1. The second-order valence-electron chi connectivity index (χ2n) is 19.1. The predicted octanol–water partition coefficient (Wildman–Crippen LogP) is 19.1. The molecule has 0 saturated heterocycles. The van der Waals surface area contributed by atoms with Crippen molar-refractivity contribution >= 4 is 44.9 Å². The van der Waals surface area contributed by atoms with Crippen molar-refractivity contribution in [2.75, 3.05) is 9.80 Å². The van der Waals surface area contributed by atoms with Gasteiger partial charge in [-0.2, -0.15) is 0 Å². The van der Waals surface area contributed by atoms with E-state index in [1.165, 1.54) is 77.5 Å². The highest BCUT2D eigenvalue weighted by Crippen LogP contribution is 2.64. The van der Waals surface area contributed by atoms with E-state index in [9.17, 15) is 0 Å². The van der Waals surface area contributed by atoms with Gasteiger partial charge in [-0.05, 0) is 138 Å². The molecular weight excluding hydrogens is 881 g/mol. The van der Waals surface area contributed by atoms with Gasteiger partial charge in [0.05, 0.1) is 16.8 Å². The van der Waals surface area contributed by atoms with Gasteiger partial charge in [0.15, 0.2) is 0 Å². The minimum Gasteiger partial charge on any atom is -0.310 e. The predicted molar refractivity (Wildman–Crippen MR) is 306 cm³/mol. The molecule has 12 aromatic carbocycles. The first-order valence-corrected chi connectivity index (χ1v) is 25.3. The van der Waals surface area contributed by atoms with Gasteiger partial charge in [0.1, 0.15) is 0 Å². The van der Waals surface area contributed by atoms with Crippen LogP contribution in [0.5, 0.6) is 0 Å². The molecule has 0 aromatic heterocycles. The Bertz CT molecular complexity index is 3970. The van der Waals surface area contributed by atoms with E-state index in [2.05, 4.69) is 301 Å². The van der Waals surface area contributed by atoms with Gasteiger partial charge in [0.25, 0.3) is 0 Å². The summed E-state index contributed by atoms with van der Waals surface area (Å²) in [5, 5.41) is 2.42. The Morgan fingerprint density at radius 3 is 1.32 bits per heavy atom. The molecule has 0 aliphatic heterocycles. The van der Waals surface area contributed by atoms with Crippen molar-refractivity contribution in [1.29, 1.82) is 0 Å². The number of anilines is 6. The first-order valence-electron chi connectivity index (χ1n) is 25.3. The number of rotatable bonds is 9. The van der Waals surface area contributed by atoms with Crippen LogP contribution in [-0.2, 0) is 5.41 Å². The second-order valence-corrected chi connectivity index (χ2v) is 19.1. The number of nitrogens with zero attached hydrogens (tertiary/aromatic N) is 2. The Morgan fingerprint density at radius 1 is 0.233 bits per heavy atom. The maximum absolute atomic E-state index is 2.45. The third-order valence-electron chi connectivity index (χ3n) is 15.3. The Kier molecular flexibility index (Phi) is 10.1. The summed E-state index contributed by atoms with van der Waals surface area (Å²) < 4.78 is 0. The third kappa shape index (κ3) is 6.79. The number of fused-ring (bicyclic) bond motifs is 11. The number of benzene rings is 12. The molecule has 2 aliphatic rings. The maximum Gasteiger partial charge on any atom is 0.0726 e. The molecule has 342 valence electrons. The summed E-state index contributed by atoms with van der Waals surface area (Å²) in [5.74, 6) is 0. The minimum absolute atomic E-state index is 0.432. The highest BCUT2D eigenvalue weighted by Gasteiger charge is 2.52. The molecule has 1 spiro atoms. The molecule has 73 heavy (non-hydrogen) atoms. The molecular formula is C71H48N2. The summed E-state index contributed by atoms with van der Waals surface area (Å²) in [4.78, 5) is 4.88. The van der Waals surface area contributed by atoms with E-state index >= 15 is 0 Å². The fourth-order valence-corrected chi connectivity index (χ4v) is 12.2. The van der Waals surface area contributed by atoms with Crippen LogP contribution in [0.15, 0.2) is 291 Å². The first-order chi connectivity index (χ1) is 36.2. The number of hydrogen-bond acceptors (Lipinski definition) is 2. The molecule has 2 aliphatic carbocycles. The Labute approximate surface area is 427 Å². The molecule has 0 N–H and O–H groups in total. The summed E-state index contributed by atoms with van der Waals surface area (Å²) in [6.07, 6.45) is 0. The van der Waals surface area contributed by atoms with E-state index < -0.39 is 5.41 Å². The van der Waals surface area contributed by atoms with Crippen LogP contribution in [0.25, 0.3) is 66.4 Å². The Balaban J connectivity index is 0.901. The van der Waals surface area contributed by atoms with Crippen molar-refractivity contribution in [3.8, 4) is 55.6 Å².